The Bertz CT molecular complexity index is 766. The van der Waals surface area contributed by atoms with Crippen molar-refractivity contribution in [2.24, 2.45) is 0 Å². The normalized spacial score (nSPS) is 14.4. The number of amides is 1. The number of piperidine rings is 1. The van der Waals surface area contributed by atoms with Crippen LogP contribution in [0.4, 0.5) is 5.82 Å². The van der Waals surface area contributed by atoms with Gasteiger partial charge in [0, 0.05) is 38.9 Å². The summed E-state index contributed by atoms with van der Waals surface area (Å²) in [5.41, 5.74) is 3.15. The monoisotopic (exact) mass is 380 g/mol. The fourth-order valence-electron chi connectivity index (χ4n) is 3.75. The average Bonchev–Trinajstić information content (AvgIpc) is 2.73. The maximum Gasteiger partial charge on any atom is 0.257 e. The molecule has 0 radical (unpaired) electrons. The van der Waals surface area contributed by atoms with Crippen LogP contribution < -0.4 is 4.90 Å². The molecule has 0 bridgehead atoms. The van der Waals surface area contributed by atoms with Gasteiger partial charge < -0.3 is 14.7 Å². The third-order valence-electron chi connectivity index (χ3n) is 5.24. The van der Waals surface area contributed by atoms with Gasteiger partial charge >= 0.3 is 0 Å². The van der Waals surface area contributed by atoms with E-state index in [0.717, 1.165) is 36.6 Å². The number of hydrogen-bond acceptors (Lipinski definition) is 4. The summed E-state index contributed by atoms with van der Waals surface area (Å²) in [7, 11) is 4.14. The second kappa shape index (κ2) is 9.69. The molecular weight excluding hydrogens is 348 g/mol. The summed E-state index contributed by atoms with van der Waals surface area (Å²) < 4.78 is 0. The van der Waals surface area contributed by atoms with Gasteiger partial charge in [0.15, 0.2) is 0 Å². The molecule has 3 rings (SSSR count). The molecule has 1 aromatic carbocycles. The van der Waals surface area contributed by atoms with Crippen LogP contribution >= 0.6 is 0 Å². The van der Waals surface area contributed by atoms with Crippen molar-refractivity contribution in [3.63, 3.8) is 0 Å². The molecule has 0 N–H and O–H groups in total. The van der Waals surface area contributed by atoms with E-state index in [-0.39, 0.29) is 5.91 Å². The quantitative estimate of drug-likeness (QED) is 0.733. The Labute approximate surface area is 169 Å². The van der Waals surface area contributed by atoms with Crippen LogP contribution in [0.3, 0.4) is 0 Å². The Morgan fingerprint density at radius 2 is 1.64 bits per heavy atom. The maximum absolute atomic E-state index is 13.3. The van der Waals surface area contributed by atoms with Gasteiger partial charge in [-0.3, -0.25) is 4.79 Å². The highest BCUT2D eigenvalue weighted by Gasteiger charge is 2.23. The Hall–Kier alpha value is -2.40. The number of anilines is 1. The minimum Gasteiger partial charge on any atom is -0.356 e. The predicted octanol–water partition coefficient (Wildman–Crippen LogP) is 3.80. The van der Waals surface area contributed by atoms with Crippen molar-refractivity contribution in [1.82, 2.24) is 14.8 Å². The number of carbonyl (C=O) groups excluding carboxylic acids is 1. The summed E-state index contributed by atoms with van der Waals surface area (Å²) in [5.74, 6) is 0.903. The van der Waals surface area contributed by atoms with Crippen LogP contribution in [-0.2, 0) is 13.1 Å². The van der Waals surface area contributed by atoms with E-state index in [1.807, 2.05) is 24.0 Å². The van der Waals surface area contributed by atoms with Crippen molar-refractivity contribution in [1.29, 1.82) is 0 Å². The fourth-order valence-corrected chi connectivity index (χ4v) is 3.75. The number of nitrogens with zero attached hydrogens (tertiary/aromatic N) is 4. The first-order valence-electron chi connectivity index (χ1n) is 10.3. The Morgan fingerprint density at radius 1 is 1.00 bits per heavy atom. The van der Waals surface area contributed by atoms with Crippen LogP contribution in [0.15, 0.2) is 42.6 Å². The van der Waals surface area contributed by atoms with Gasteiger partial charge in [-0.25, -0.2) is 4.98 Å². The summed E-state index contributed by atoms with van der Waals surface area (Å²) in [6.45, 7) is 6.22. The average molecular weight is 381 g/mol. The molecule has 2 heterocycles. The third-order valence-corrected chi connectivity index (χ3v) is 5.24. The molecule has 0 atom stereocenters. The van der Waals surface area contributed by atoms with Crippen LogP contribution in [0, 0.1) is 0 Å². The molecule has 0 saturated carbocycles. The van der Waals surface area contributed by atoms with E-state index < -0.39 is 0 Å². The first kappa shape index (κ1) is 20.3. The first-order valence-corrected chi connectivity index (χ1v) is 10.3. The van der Waals surface area contributed by atoms with Gasteiger partial charge in [-0.05, 0) is 63.5 Å². The zero-order valence-electron chi connectivity index (χ0n) is 17.4. The molecule has 1 aliphatic rings. The van der Waals surface area contributed by atoms with Crippen LogP contribution in [0.1, 0.15) is 47.7 Å². The summed E-state index contributed by atoms with van der Waals surface area (Å²) in [4.78, 5) is 24.2. The molecule has 1 saturated heterocycles. The molecule has 150 valence electrons. The number of carbonyl (C=O) groups is 1. The molecule has 0 spiro atoms. The van der Waals surface area contributed by atoms with Gasteiger partial charge in [0.1, 0.15) is 5.82 Å². The Morgan fingerprint density at radius 3 is 2.25 bits per heavy atom. The second-order valence-electron chi connectivity index (χ2n) is 7.80. The zero-order valence-corrected chi connectivity index (χ0v) is 17.4. The fraction of sp³-hybridized carbons (Fsp3) is 0.478. The van der Waals surface area contributed by atoms with Crippen LogP contribution in [0.2, 0.25) is 0 Å². The minimum atomic E-state index is 0.0635. The van der Waals surface area contributed by atoms with E-state index in [9.17, 15) is 4.79 Å². The van der Waals surface area contributed by atoms with Gasteiger partial charge in [0.05, 0.1) is 5.56 Å². The van der Waals surface area contributed by atoms with Crippen molar-refractivity contribution in [3.05, 3.63) is 59.3 Å². The standard InChI is InChI=1S/C23H32N4O/c1-4-26(18-20-12-10-19(11-13-20)17-25(2)3)23(28)21-9-8-14-24-22(21)27-15-6-5-7-16-27/h8-14H,4-7,15-18H2,1-3H3. The van der Waals surface area contributed by atoms with Crippen molar-refractivity contribution in [2.75, 3.05) is 38.6 Å². The van der Waals surface area contributed by atoms with Gasteiger partial charge in [-0.15, -0.1) is 0 Å². The lowest BCUT2D eigenvalue weighted by molar-refractivity contribution is 0.0752. The molecule has 1 fully saturated rings. The van der Waals surface area contributed by atoms with Crippen LogP contribution in [0.25, 0.3) is 0 Å². The highest BCUT2D eigenvalue weighted by Crippen LogP contribution is 2.23. The van der Waals surface area contributed by atoms with E-state index in [4.69, 9.17) is 0 Å². The van der Waals surface area contributed by atoms with Crippen molar-refractivity contribution < 1.29 is 4.79 Å². The number of benzene rings is 1. The SMILES string of the molecule is CCN(Cc1ccc(CN(C)C)cc1)C(=O)c1cccnc1N1CCCCC1. The maximum atomic E-state index is 13.3. The Kier molecular flexibility index (Phi) is 7.04. The lowest BCUT2D eigenvalue weighted by Crippen LogP contribution is -2.35. The van der Waals surface area contributed by atoms with Gasteiger partial charge in [-0.2, -0.15) is 0 Å². The third kappa shape index (κ3) is 5.10. The van der Waals surface area contributed by atoms with E-state index in [2.05, 4.69) is 53.1 Å². The molecule has 1 amide bonds. The molecular formula is C23H32N4O. The molecule has 1 aromatic heterocycles. The molecule has 5 nitrogen and oxygen atoms in total. The number of pyridine rings is 1. The molecule has 0 unspecified atom stereocenters. The predicted molar refractivity (Wildman–Crippen MR) is 115 cm³/mol. The number of aromatic nitrogens is 1. The van der Waals surface area contributed by atoms with E-state index in [1.165, 1.54) is 24.8 Å². The van der Waals surface area contributed by atoms with Gasteiger partial charge in [0.2, 0.25) is 0 Å². The largest absolute Gasteiger partial charge is 0.356 e. The highest BCUT2D eigenvalue weighted by molar-refractivity contribution is 5.98. The topological polar surface area (TPSA) is 39.7 Å². The minimum absolute atomic E-state index is 0.0635. The lowest BCUT2D eigenvalue weighted by atomic mass is 10.1. The van der Waals surface area contributed by atoms with Crippen LogP contribution in [0.5, 0.6) is 0 Å². The van der Waals surface area contributed by atoms with Gasteiger partial charge in [-0.1, -0.05) is 24.3 Å². The lowest BCUT2D eigenvalue weighted by Gasteiger charge is -2.30. The molecule has 2 aromatic rings. The van der Waals surface area contributed by atoms with Gasteiger partial charge in [0.25, 0.3) is 5.91 Å². The first-order chi connectivity index (χ1) is 13.6. The molecule has 0 aliphatic carbocycles. The summed E-state index contributed by atoms with van der Waals surface area (Å²) in [5, 5.41) is 0. The molecule has 28 heavy (non-hydrogen) atoms. The summed E-state index contributed by atoms with van der Waals surface area (Å²) in [6.07, 6.45) is 5.39. The van der Waals surface area contributed by atoms with Crippen molar-refractivity contribution in [2.45, 2.75) is 39.3 Å². The zero-order chi connectivity index (χ0) is 19.9. The second-order valence-corrected chi connectivity index (χ2v) is 7.80. The number of hydrogen-bond donors (Lipinski definition) is 0. The molecule has 5 heteroatoms. The Balaban J connectivity index is 1.75. The highest BCUT2D eigenvalue weighted by atomic mass is 16.2. The van der Waals surface area contributed by atoms with E-state index in [0.29, 0.717) is 13.1 Å². The van der Waals surface area contributed by atoms with E-state index in [1.54, 1.807) is 6.20 Å². The molecule has 1 aliphatic heterocycles. The van der Waals surface area contributed by atoms with Crippen molar-refractivity contribution in [3.8, 4) is 0 Å². The van der Waals surface area contributed by atoms with Crippen LogP contribution in [-0.4, -0.2) is 54.4 Å². The summed E-state index contributed by atoms with van der Waals surface area (Å²) in [6, 6.07) is 12.3. The summed E-state index contributed by atoms with van der Waals surface area (Å²) >= 11 is 0. The smallest absolute Gasteiger partial charge is 0.257 e. The van der Waals surface area contributed by atoms with Crippen molar-refractivity contribution >= 4 is 11.7 Å². The number of rotatable bonds is 7. The van der Waals surface area contributed by atoms with E-state index >= 15 is 0 Å².